The number of hydrogen-bond donors (Lipinski definition) is 1. The van der Waals surface area contributed by atoms with Crippen LogP contribution in [0, 0.1) is 11.7 Å². The van der Waals surface area contributed by atoms with Crippen molar-refractivity contribution in [1.29, 1.82) is 0 Å². The van der Waals surface area contributed by atoms with Crippen LogP contribution in [0.5, 0.6) is 0 Å². The fourth-order valence-electron chi connectivity index (χ4n) is 2.63. The highest BCUT2D eigenvalue weighted by Crippen LogP contribution is 2.38. The molecule has 1 aromatic carbocycles. The van der Waals surface area contributed by atoms with Crippen molar-refractivity contribution in [1.82, 2.24) is 0 Å². The minimum absolute atomic E-state index is 0.236. The Bertz CT molecular complexity index is 348. The number of nitrogen functional groups attached to an aromatic ring is 1. The van der Waals surface area contributed by atoms with E-state index in [2.05, 4.69) is 6.92 Å². The number of benzene rings is 1. The number of halogens is 1. The zero-order chi connectivity index (χ0) is 10.8. The van der Waals surface area contributed by atoms with Gasteiger partial charge in [-0.1, -0.05) is 25.8 Å². The van der Waals surface area contributed by atoms with Crippen molar-refractivity contribution >= 4 is 5.69 Å². The molecule has 0 amide bonds. The van der Waals surface area contributed by atoms with E-state index in [1.807, 2.05) is 6.07 Å². The Morgan fingerprint density at radius 2 is 2.13 bits per heavy atom. The second kappa shape index (κ2) is 4.21. The average molecular weight is 207 g/mol. The van der Waals surface area contributed by atoms with Gasteiger partial charge in [-0.2, -0.15) is 0 Å². The Kier molecular flexibility index (Phi) is 2.94. The SMILES string of the molecule is C[C@H]1CCC[C@@H](c2ccc(F)cc2N)C1. The number of anilines is 1. The Morgan fingerprint density at radius 1 is 1.33 bits per heavy atom. The monoisotopic (exact) mass is 207 g/mol. The van der Waals surface area contributed by atoms with E-state index in [1.165, 1.54) is 37.8 Å². The molecule has 1 aromatic rings. The van der Waals surface area contributed by atoms with Crippen LogP contribution in [-0.2, 0) is 0 Å². The summed E-state index contributed by atoms with van der Waals surface area (Å²) < 4.78 is 12.9. The molecule has 82 valence electrons. The first kappa shape index (κ1) is 10.5. The summed E-state index contributed by atoms with van der Waals surface area (Å²) in [6.07, 6.45) is 4.97. The van der Waals surface area contributed by atoms with Crippen LogP contribution in [0.15, 0.2) is 18.2 Å². The summed E-state index contributed by atoms with van der Waals surface area (Å²) in [5.41, 5.74) is 7.62. The molecule has 0 spiro atoms. The topological polar surface area (TPSA) is 26.0 Å². The van der Waals surface area contributed by atoms with Crippen LogP contribution in [0.3, 0.4) is 0 Å². The Morgan fingerprint density at radius 3 is 2.80 bits per heavy atom. The molecule has 0 unspecified atom stereocenters. The van der Waals surface area contributed by atoms with Crippen LogP contribution < -0.4 is 5.73 Å². The molecule has 1 fully saturated rings. The van der Waals surface area contributed by atoms with Crippen molar-refractivity contribution in [3.63, 3.8) is 0 Å². The van der Waals surface area contributed by atoms with Gasteiger partial charge in [-0.25, -0.2) is 4.39 Å². The Balaban J connectivity index is 2.21. The highest BCUT2D eigenvalue weighted by Gasteiger charge is 2.21. The maximum absolute atomic E-state index is 12.9. The van der Waals surface area contributed by atoms with E-state index >= 15 is 0 Å². The van der Waals surface area contributed by atoms with Crippen molar-refractivity contribution in [2.24, 2.45) is 5.92 Å². The van der Waals surface area contributed by atoms with E-state index < -0.39 is 0 Å². The Labute approximate surface area is 90.5 Å². The second-order valence-corrected chi connectivity index (χ2v) is 4.74. The van der Waals surface area contributed by atoms with Crippen LogP contribution in [0.2, 0.25) is 0 Å². The molecule has 1 nitrogen and oxygen atoms in total. The van der Waals surface area contributed by atoms with E-state index in [0.717, 1.165) is 11.5 Å². The standard InChI is InChI=1S/C13H18FN/c1-9-3-2-4-10(7-9)12-6-5-11(14)8-13(12)15/h5-6,8-10H,2-4,7,15H2,1H3/t9-,10+/m0/s1. The third-order valence-electron chi connectivity index (χ3n) is 3.43. The molecule has 2 heteroatoms. The van der Waals surface area contributed by atoms with Gasteiger partial charge >= 0.3 is 0 Å². The molecule has 0 bridgehead atoms. The lowest BCUT2D eigenvalue weighted by molar-refractivity contribution is 0.344. The van der Waals surface area contributed by atoms with Gasteiger partial charge in [-0.3, -0.25) is 0 Å². The zero-order valence-corrected chi connectivity index (χ0v) is 9.17. The van der Waals surface area contributed by atoms with Crippen molar-refractivity contribution in [3.05, 3.63) is 29.6 Å². The van der Waals surface area contributed by atoms with E-state index in [1.54, 1.807) is 0 Å². The largest absolute Gasteiger partial charge is 0.398 e. The first-order valence-corrected chi connectivity index (χ1v) is 5.71. The maximum atomic E-state index is 12.9. The van der Waals surface area contributed by atoms with Crippen molar-refractivity contribution in [2.45, 2.75) is 38.5 Å². The first-order chi connectivity index (χ1) is 7.16. The van der Waals surface area contributed by atoms with Crippen LogP contribution >= 0.6 is 0 Å². The van der Waals surface area contributed by atoms with Crippen LogP contribution in [0.25, 0.3) is 0 Å². The molecule has 2 rings (SSSR count). The molecular weight excluding hydrogens is 189 g/mol. The van der Waals surface area contributed by atoms with Gasteiger partial charge in [-0.15, -0.1) is 0 Å². The number of nitrogens with two attached hydrogens (primary N) is 1. The van der Waals surface area contributed by atoms with Gasteiger partial charge in [0.25, 0.3) is 0 Å². The van der Waals surface area contributed by atoms with Gasteiger partial charge in [0.15, 0.2) is 0 Å². The van der Waals surface area contributed by atoms with Crippen molar-refractivity contribution in [3.8, 4) is 0 Å². The quantitative estimate of drug-likeness (QED) is 0.698. The average Bonchev–Trinajstić information content (AvgIpc) is 2.17. The van der Waals surface area contributed by atoms with Crippen LogP contribution in [0.4, 0.5) is 10.1 Å². The predicted molar refractivity (Wildman–Crippen MR) is 61.2 cm³/mol. The maximum Gasteiger partial charge on any atom is 0.125 e. The highest BCUT2D eigenvalue weighted by molar-refractivity contribution is 5.49. The summed E-state index contributed by atoms with van der Waals surface area (Å²) in [4.78, 5) is 0. The predicted octanol–water partition coefficient (Wildman–Crippen LogP) is 3.70. The number of hydrogen-bond acceptors (Lipinski definition) is 1. The zero-order valence-electron chi connectivity index (χ0n) is 9.17. The second-order valence-electron chi connectivity index (χ2n) is 4.74. The summed E-state index contributed by atoms with van der Waals surface area (Å²) >= 11 is 0. The fourth-order valence-corrected chi connectivity index (χ4v) is 2.63. The van der Waals surface area contributed by atoms with E-state index in [0.29, 0.717) is 11.6 Å². The summed E-state index contributed by atoms with van der Waals surface area (Å²) in [6, 6.07) is 4.81. The van der Waals surface area contributed by atoms with Gasteiger partial charge in [0, 0.05) is 5.69 Å². The molecular formula is C13H18FN. The lowest BCUT2D eigenvalue weighted by Crippen LogP contribution is -2.13. The molecule has 2 N–H and O–H groups in total. The molecule has 2 atom stereocenters. The third kappa shape index (κ3) is 2.31. The highest BCUT2D eigenvalue weighted by atomic mass is 19.1. The molecule has 15 heavy (non-hydrogen) atoms. The molecule has 0 radical (unpaired) electrons. The number of rotatable bonds is 1. The van der Waals surface area contributed by atoms with Crippen molar-refractivity contribution in [2.75, 3.05) is 5.73 Å². The van der Waals surface area contributed by atoms with Crippen LogP contribution in [-0.4, -0.2) is 0 Å². The van der Waals surface area contributed by atoms with Gasteiger partial charge in [-0.05, 0) is 42.4 Å². The minimum atomic E-state index is -0.236. The van der Waals surface area contributed by atoms with E-state index in [9.17, 15) is 4.39 Å². The molecule has 1 aliphatic carbocycles. The molecule has 0 aliphatic heterocycles. The molecule has 0 aromatic heterocycles. The summed E-state index contributed by atoms with van der Waals surface area (Å²) in [5, 5.41) is 0. The third-order valence-corrected chi connectivity index (χ3v) is 3.43. The van der Waals surface area contributed by atoms with Gasteiger partial charge in [0.05, 0.1) is 0 Å². The lowest BCUT2D eigenvalue weighted by Gasteiger charge is -2.27. The van der Waals surface area contributed by atoms with Gasteiger partial charge in [0.2, 0.25) is 0 Å². The molecule has 0 saturated heterocycles. The summed E-state index contributed by atoms with van der Waals surface area (Å²) in [6.45, 7) is 2.28. The first-order valence-electron chi connectivity index (χ1n) is 5.71. The normalized spacial score (nSPS) is 26.5. The van der Waals surface area contributed by atoms with E-state index in [-0.39, 0.29) is 5.82 Å². The van der Waals surface area contributed by atoms with Gasteiger partial charge in [0.1, 0.15) is 5.82 Å². The minimum Gasteiger partial charge on any atom is -0.398 e. The smallest absolute Gasteiger partial charge is 0.125 e. The fraction of sp³-hybridized carbons (Fsp3) is 0.538. The summed E-state index contributed by atoms with van der Waals surface area (Å²) in [5.74, 6) is 1.07. The Hall–Kier alpha value is -1.05. The van der Waals surface area contributed by atoms with Gasteiger partial charge < -0.3 is 5.73 Å². The van der Waals surface area contributed by atoms with Crippen molar-refractivity contribution < 1.29 is 4.39 Å². The molecule has 1 aliphatic rings. The summed E-state index contributed by atoms with van der Waals surface area (Å²) in [7, 11) is 0. The molecule has 1 saturated carbocycles. The van der Waals surface area contributed by atoms with E-state index in [4.69, 9.17) is 5.73 Å². The molecule has 0 heterocycles. The van der Waals surface area contributed by atoms with Crippen LogP contribution in [0.1, 0.15) is 44.1 Å². The lowest BCUT2D eigenvalue weighted by atomic mass is 9.78.